The van der Waals surface area contributed by atoms with Crippen LogP contribution in [0.4, 0.5) is 0 Å². The van der Waals surface area contributed by atoms with Crippen molar-refractivity contribution in [1.82, 2.24) is 0 Å². The van der Waals surface area contributed by atoms with E-state index < -0.39 is 75.9 Å². The van der Waals surface area contributed by atoms with E-state index in [1.807, 2.05) is 13.8 Å². The van der Waals surface area contributed by atoms with Gasteiger partial charge in [0.25, 0.3) is 0 Å². The standard InChI is InChI=1S/C32H40O10/c1-8-17(2)29(37)42-28(20-15-30(4,5)21(13-24(34)39-7)18(3)26(20)36)32(38)22-14-25(35)41-27(19-10-12-40-16-19)31(22,6)11-9-23(32)33/h10,12,14-18,21,27-28,38H,8-9,11,13H2,1-7H3/t17-,18+,21+,27-,28+,31+,32-/m0/s1. The second-order valence-corrected chi connectivity index (χ2v) is 12.6. The molecule has 2 aliphatic carbocycles. The van der Waals surface area contributed by atoms with Crippen molar-refractivity contribution in [1.29, 1.82) is 0 Å². The molecule has 42 heavy (non-hydrogen) atoms. The monoisotopic (exact) mass is 584 g/mol. The molecule has 0 aromatic carbocycles. The van der Waals surface area contributed by atoms with Gasteiger partial charge in [0, 0.05) is 41.4 Å². The van der Waals surface area contributed by atoms with Crippen molar-refractivity contribution in [3.8, 4) is 0 Å². The number of Topliss-reactive ketones (excluding diaryl/α,β-unsaturated/α-hetero) is 2. The fraction of sp³-hybridized carbons (Fsp3) is 0.594. The Balaban J connectivity index is 1.92. The van der Waals surface area contributed by atoms with E-state index in [4.69, 9.17) is 18.6 Å². The Morgan fingerprint density at radius 1 is 1.19 bits per heavy atom. The minimum absolute atomic E-state index is 0.0199. The summed E-state index contributed by atoms with van der Waals surface area (Å²) in [7, 11) is 1.28. The van der Waals surface area contributed by atoms with Gasteiger partial charge in [-0.3, -0.25) is 19.2 Å². The molecule has 10 nitrogen and oxygen atoms in total. The van der Waals surface area contributed by atoms with Crippen LogP contribution in [-0.2, 0) is 38.2 Å². The van der Waals surface area contributed by atoms with Crippen molar-refractivity contribution in [2.75, 3.05) is 7.11 Å². The molecule has 1 N–H and O–H groups in total. The Morgan fingerprint density at radius 2 is 1.88 bits per heavy atom. The van der Waals surface area contributed by atoms with Gasteiger partial charge in [0.15, 0.2) is 23.3 Å². The molecule has 0 saturated heterocycles. The summed E-state index contributed by atoms with van der Waals surface area (Å²) in [6.45, 7) is 10.5. The molecule has 1 aromatic heterocycles. The summed E-state index contributed by atoms with van der Waals surface area (Å²) < 4.78 is 21.7. The Morgan fingerprint density at radius 3 is 2.48 bits per heavy atom. The van der Waals surface area contributed by atoms with Crippen molar-refractivity contribution in [3.05, 3.63) is 47.5 Å². The molecule has 1 fully saturated rings. The zero-order valence-corrected chi connectivity index (χ0v) is 25.2. The summed E-state index contributed by atoms with van der Waals surface area (Å²) in [4.78, 5) is 66.4. The number of esters is 3. The number of furan rings is 1. The number of carbonyl (C=O) groups excluding carboxylic acids is 5. The van der Waals surface area contributed by atoms with Gasteiger partial charge in [0.05, 0.1) is 25.6 Å². The van der Waals surface area contributed by atoms with Gasteiger partial charge in [-0.25, -0.2) is 4.79 Å². The van der Waals surface area contributed by atoms with Crippen LogP contribution in [0, 0.1) is 28.6 Å². The molecule has 0 radical (unpaired) electrons. The van der Waals surface area contributed by atoms with Crippen molar-refractivity contribution >= 4 is 29.5 Å². The third kappa shape index (κ3) is 5.14. The fourth-order valence-electron chi connectivity index (χ4n) is 6.73. The maximum atomic E-state index is 14.0. The van der Waals surface area contributed by atoms with Gasteiger partial charge in [-0.05, 0) is 35.8 Å². The predicted octanol–water partition coefficient (Wildman–Crippen LogP) is 4.21. The van der Waals surface area contributed by atoms with E-state index in [2.05, 4.69) is 0 Å². The number of fused-ring (bicyclic) bond motifs is 1. The number of ketones is 2. The smallest absolute Gasteiger partial charge is 0.331 e. The highest BCUT2D eigenvalue weighted by Crippen LogP contribution is 2.58. The second kappa shape index (κ2) is 11.3. The summed E-state index contributed by atoms with van der Waals surface area (Å²) in [6.07, 6.45) is 3.40. The number of ether oxygens (including phenoxy) is 3. The van der Waals surface area contributed by atoms with Gasteiger partial charge in [0.1, 0.15) is 6.10 Å². The van der Waals surface area contributed by atoms with Gasteiger partial charge in [-0.2, -0.15) is 0 Å². The van der Waals surface area contributed by atoms with Crippen LogP contribution < -0.4 is 0 Å². The van der Waals surface area contributed by atoms with E-state index in [1.165, 1.54) is 19.6 Å². The average Bonchev–Trinajstić information content (AvgIpc) is 3.49. The quantitative estimate of drug-likeness (QED) is 0.348. The number of carbonyl (C=O) groups is 5. The Bertz CT molecular complexity index is 1330. The van der Waals surface area contributed by atoms with E-state index in [0.29, 0.717) is 12.0 Å². The lowest BCUT2D eigenvalue weighted by Gasteiger charge is -2.52. The first kappa shape index (κ1) is 31.4. The summed E-state index contributed by atoms with van der Waals surface area (Å²) in [5, 5.41) is 12.6. The van der Waals surface area contributed by atoms with Crippen molar-refractivity contribution in [2.24, 2.45) is 28.6 Å². The van der Waals surface area contributed by atoms with Gasteiger partial charge in [-0.1, -0.05) is 47.6 Å². The molecular formula is C32H40O10. The van der Waals surface area contributed by atoms with Crippen molar-refractivity contribution in [3.63, 3.8) is 0 Å². The molecule has 1 saturated carbocycles. The van der Waals surface area contributed by atoms with E-state index in [0.717, 1.165) is 6.08 Å². The van der Waals surface area contributed by atoms with Gasteiger partial charge in [-0.15, -0.1) is 0 Å². The lowest BCUT2D eigenvalue weighted by molar-refractivity contribution is -0.176. The van der Waals surface area contributed by atoms with Crippen LogP contribution in [0.25, 0.3) is 0 Å². The summed E-state index contributed by atoms with van der Waals surface area (Å²) in [5.74, 6) is -4.89. The topological polar surface area (TPSA) is 146 Å². The number of cyclic esters (lactones) is 1. The van der Waals surface area contributed by atoms with Crippen LogP contribution >= 0.6 is 0 Å². The molecule has 1 aliphatic heterocycles. The van der Waals surface area contributed by atoms with Gasteiger partial charge in [0.2, 0.25) is 0 Å². The SMILES string of the molecule is CC[C@H](C)C(=O)O[C@H](C1=CC(C)(C)[C@H](CC(=O)OC)[C@@H](C)C1=O)[C@@]1(O)C(=O)CC[C@]2(C)C1=CC(=O)O[C@H]2c1ccoc1. The zero-order chi connectivity index (χ0) is 31.2. The average molecular weight is 585 g/mol. The summed E-state index contributed by atoms with van der Waals surface area (Å²) in [6, 6.07) is 1.64. The Labute approximate surface area is 245 Å². The molecule has 10 heteroatoms. The maximum absolute atomic E-state index is 14.0. The van der Waals surface area contributed by atoms with Crippen LogP contribution in [0.2, 0.25) is 0 Å². The number of methoxy groups -OCH3 is 1. The lowest BCUT2D eigenvalue weighted by Crippen LogP contribution is -2.63. The minimum Gasteiger partial charge on any atom is -0.472 e. The fourth-order valence-corrected chi connectivity index (χ4v) is 6.73. The molecule has 0 bridgehead atoms. The molecule has 0 spiro atoms. The minimum atomic E-state index is -2.54. The van der Waals surface area contributed by atoms with Gasteiger partial charge < -0.3 is 23.7 Å². The molecule has 3 aliphatic rings. The highest BCUT2D eigenvalue weighted by Gasteiger charge is 2.64. The van der Waals surface area contributed by atoms with Crippen LogP contribution in [-0.4, -0.2) is 53.4 Å². The molecule has 4 rings (SSSR count). The number of hydrogen-bond acceptors (Lipinski definition) is 10. The number of allylic oxidation sites excluding steroid dienone is 1. The van der Waals surface area contributed by atoms with E-state index in [9.17, 15) is 29.1 Å². The van der Waals surface area contributed by atoms with E-state index in [1.54, 1.807) is 39.8 Å². The Hall–Kier alpha value is -3.53. The lowest BCUT2D eigenvalue weighted by atomic mass is 9.56. The number of hydrogen-bond donors (Lipinski definition) is 1. The molecular weight excluding hydrogens is 544 g/mol. The highest BCUT2D eigenvalue weighted by atomic mass is 16.6. The number of aliphatic hydroxyl groups is 1. The first-order valence-electron chi connectivity index (χ1n) is 14.4. The zero-order valence-electron chi connectivity index (χ0n) is 25.2. The summed E-state index contributed by atoms with van der Waals surface area (Å²) >= 11 is 0. The molecule has 0 unspecified atom stereocenters. The normalized spacial score (nSPS) is 32.1. The molecule has 0 amide bonds. The molecule has 7 atom stereocenters. The van der Waals surface area contributed by atoms with Crippen LogP contribution in [0.15, 0.2) is 46.3 Å². The van der Waals surface area contributed by atoms with Crippen LogP contribution in [0.1, 0.15) is 78.9 Å². The van der Waals surface area contributed by atoms with Crippen LogP contribution in [0.5, 0.6) is 0 Å². The van der Waals surface area contributed by atoms with E-state index in [-0.39, 0.29) is 30.4 Å². The number of rotatable bonds is 8. The van der Waals surface area contributed by atoms with Gasteiger partial charge >= 0.3 is 17.9 Å². The summed E-state index contributed by atoms with van der Waals surface area (Å²) in [5.41, 5.74) is -3.92. The molecule has 228 valence electrons. The van der Waals surface area contributed by atoms with E-state index >= 15 is 0 Å². The third-order valence-corrected chi connectivity index (χ3v) is 9.55. The molecule has 1 aromatic rings. The predicted molar refractivity (Wildman–Crippen MR) is 148 cm³/mol. The first-order valence-corrected chi connectivity index (χ1v) is 14.4. The first-order chi connectivity index (χ1) is 19.6. The third-order valence-electron chi connectivity index (χ3n) is 9.55. The largest absolute Gasteiger partial charge is 0.472 e. The Kier molecular flexibility index (Phi) is 8.43. The second-order valence-electron chi connectivity index (χ2n) is 12.6. The van der Waals surface area contributed by atoms with Crippen molar-refractivity contribution < 1.29 is 47.7 Å². The van der Waals surface area contributed by atoms with Crippen LogP contribution in [0.3, 0.4) is 0 Å². The highest BCUT2D eigenvalue weighted by molar-refractivity contribution is 6.04. The molecule has 2 heterocycles. The van der Waals surface area contributed by atoms with Crippen molar-refractivity contribution in [2.45, 2.75) is 85.0 Å². The maximum Gasteiger partial charge on any atom is 0.331 e.